The summed E-state index contributed by atoms with van der Waals surface area (Å²) in [5, 5.41) is 5.35. The van der Waals surface area contributed by atoms with Gasteiger partial charge in [-0.25, -0.2) is 0 Å². The first-order valence-corrected chi connectivity index (χ1v) is 8.48. The summed E-state index contributed by atoms with van der Waals surface area (Å²) < 4.78 is 0. The van der Waals surface area contributed by atoms with Gasteiger partial charge in [0.15, 0.2) is 10.5 Å². The second-order valence-electron chi connectivity index (χ2n) is 6.16. The van der Waals surface area contributed by atoms with Crippen LogP contribution >= 0.6 is 12.2 Å². The number of carbonyl (C=O) groups excluding carboxylic acids is 2. The molecule has 0 spiro atoms. The van der Waals surface area contributed by atoms with Gasteiger partial charge in [0.1, 0.15) is 0 Å². The van der Waals surface area contributed by atoms with Crippen LogP contribution in [-0.4, -0.2) is 41.5 Å². The van der Waals surface area contributed by atoms with Gasteiger partial charge in [0.2, 0.25) is 11.8 Å². The van der Waals surface area contributed by atoms with Gasteiger partial charge in [0, 0.05) is 0 Å². The van der Waals surface area contributed by atoms with E-state index in [9.17, 15) is 9.59 Å². The molecule has 0 aromatic heterocycles. The highest BCUT2D eigenvalue weighted by Gasteiger charge is 2.50. The van der Waals surface area contributed by atoms with Gasteiger partial charge in [0.05, 0.1) is 0 Å². The molecule has 23 heavy (non-hydrogen) atoms. The van der Waals surface area contributed by atoms with Crippen molar-refractivity contribution in [2.75, 3.05) is 19.6 Å². The fourth-order valence-electron chi connectivity index (χ4n) is 3.42. The molecule has 6 heteroatoms. The van der Waals surface area contributed by atoms with E-state index in [1.165, 1.54) is 19.3 Å². The Labute approximate surface area is 141 Å². The van der Waals surface area contributed by atoms with E-state index >= 15 is 0 Å². The van der Waals surface area contributed by atoms with Crippen molar-refractivity contribution in [3.05, 3.63) is 35.9 Å². The number of rotatable bonds is 4. The third-order valence-electron chi connectivity index (χ3n) is 4.75. The monoisotopic (exact) mass is 331 g/mol. The molecule has 2 aliphatic rings. The van der Waals surface area contributed by atoms with Gasteiger partial charge >= 0.3 is 0 Å². The smallest absolute Gasteiger partial charge is 0.246 e. The maximum Gasteiger partial charge on any atom is 0.246 e. The van der Waals surface area contributed by atoms with E-state index in [1.807, 2.05) is 30.3 Å². The quantitative estimate of drug-likeness (QED) is 0.645. The Kier molecular flexibility index (Phi) is 4.73. The van der Waals surface area contributed by atoms with Gasteiger partial charge in [-0.1, -0.05) is 36.8 Å². The molecule has 0 unspecified atom stereocenters. The van der Waals surface area contributed by atoms with Gasteiger partial charge in [-0.3, -0.25) is 9.59 Å². The molecule has 2 N–H and O–H groups in total. The van der Waals surface area contributed by atoms with Crippen LogP contribution in [0.3, 0.4) is 0 Å². The first-order valence-electron chi connectivity index (χ1n) is 8.08. The van der Waals surface area contributed by atoms with Crippen LogP contribution < -0.4 is 10.6 Å². The molecule has 2 amide bonds. The lowest BCUT2D eigenvalue weighted by Gasteiger charge is -2.37. The van der Waals surface area contributed by atoms with Crippen LogP contribution in [0.25, 0.3) is 0 Å². The first kappa shape index (κ1) is 16.1. The average Bonchev–Trinajstić information content (AvgIpc) is 2.56. The molecule has 1 aromatic rings. The number of thiocarbonyl (C=S) groups is 1. The summed E-state index contributed by atoms with van der Waals surface area (Å²) in [7, 11) is 0. The Morgan fingerprint density at radius 1 is 1.00 bits per heavy atom. The maximum atomic E-state index is 12.7. The summed E-state index contributed by atoms with van der Waals surface area (Å²) in [6, 6.07) is 9.26. The van der Waals surface area contributed by atoms with E-state index in [4.69, 9.17) is 12.2 Å². The molecule has 0 aliphatic carbocycles. The van der Waals surface area contributed by atoms with Crippen molar-refractivity contribution in [2.24, 2.45) is 0 Å². The number of amides is 2. The van der Waals surface area contributed by atoms with Gasteiger partial charge in [-0.05, 0) is 56.7 Å². The zero-order valence-corrected chi connectivity index (χ0v) is 13.8. The van der Waals surface area contributed by atoms with Crippen LogP contribution in [0, 0.1) is 0 Å². The molecular weight excluding hydrogens is 310 g/mol. The van der Waals surface area contributed by atoms with Crippen molar-refractivity contribution >= 4 is 29.1 Å². The molecule has 1 aromatic carbocycles. The number of likely N-dealkylation sites (tertiary alicyclic amines) is 1. The average molecular weight is 331 g/mol. The second kappa shape index (κ2) is 6.76. The van der Waals surface area contributed by atoms with Crippen LogP contribution in [0.1, 0.15) is 31.2 Å². The largest absolute Gasteiger partial charge is 0.303 e. The Balaban J connectivity index is 1.88. The zero-order valence-electron chi connectivity index (χ0n) is 13.0. The summed E-state index contributed by atoms with van der Waals surface area (Å²) >= 11 is 4.95. The molecule has 2 fully saturated rings. The van der Waals surface area contributed by atoms with Crippen molar-refractivity contribution in [3.63, 3.8) is 0 Å². The van der Waals surface area contributed by atoms with Gasteiger partial charge in [0.25, 0.3) is 0 Å². The van der Waals surface area contributed by atoms with Crippen LogP contribution in [0.15, 0.2) is 30.3 Å². The highest BCUT2D eigenvalue weighted by atomic mass is 32.1. The predicted molar refractivity (Wildman–Crippen MR) is 91.9 cm³/mol. The number of nitrogens with one attached hydrogen (secondary N) is 2. The Bertz CT molecular complexity index is 592. The topological polar surface area (TPSA) is 61.4 Å². The Morgan fingerprint density at radius 3 is 2.22 bits per heavy atom. The van der Waals surface area contributed by atoms with Crippen molar-refractivity contribution in [1.29, 1.82) is 0 Å². The first-order chi connectivity index (χ1) is 11.1. The van der Waals surface area contributed by atoms with Crippen LogP contribution in [-0.2, 0) is 15.0 Å². The molecule has 0 radical (unpaired) electrons. The van der Waals surface area contributed by atoms with Crippen molar-refractivity contribution < 1.29 is 9.59 Å². The van der Waals surface area contributed by atoms with Gasteiger partial charge in [-0.2, -0.15) is 0 Å². The van der Waals surface area contributed by atoms with Crippen molar-refractivity contribution in [1.82, 2.24) is 15.5 Å². The minimum Gasteiger partial charge on any atom is -0.303 e. The fraction of sp³-hybridized carbons (Fsp3) is 0.471. The van der Waals surface area contributed by atoms with Crippen LogP contribution in [0.5, 0.6) is 0 Å². The van der Waals surface area contributed by atoms with Crippen LogP contribution in [0.4, 0.5) is 0 Å². The predicted octanol–water partition coefficient (Wildman–Crippen LogP) is 1.33. The lowest BCUT2D eigenvalue weighted by atomic mass is 9.74. The Morgan fingerprint density at radius 2 is 1.61 bits per heavy atom. The van der Waals surface area contributed by atoms with Crippen molar-refractivity contribution in [2.45, 2.75) is 31.1 Å². The molecule has 5 nitrogen and oxygen atoms in total. The number of hydrogen-bond acceptors (Lipinski definition) is 4. The third kappa shape index (κ3) is 3.14. The Hall–Kier alpha value is -1.79. The second-order valence-corrected chi connectivity index (χ2v) is 6.57. The highest BCUT2D eigenvalue weighted by Crippen LogP contribution is 2.31. The zero-order chi connectivity index (χ0) is 16.3. The number of benzene rings is 1. The minimum atomic E-state index is -1.21. The summed E-state index contributed by atoms with van der Waals surface area (Å²) in [5.74, 6) is -0.649. The molecule has 3 rings (SSSR count). The summed E-state index contributed by atoms with van der Waals surface area (Å²) in [4.78, 5) is 27.8. The molecule has 0 saturated carbocycles. The molecule has 122 valence electrons. The van der Waals surface area contributed by atoms with E-state index in [1.54, 1.807) is 0 Å². The van der Waals surface area contributed by atoms with E-state index < -0.39 is 5.41 Å². The van der Waals surface area contributed by atoms with Crippen molar-refractivity contribution in [3.8, 4) is 0 Å². The number of nitrogens with zero attached hydrogens (tertiary/aromatic N) is 1. The number of piperidine rings is 1. The molecule has 2 aliphatic heterocycles. The van der Waals surface area contributed by atoms with E-state index in [0.29, 0.717) is 6.42 Å². The molecule has 0 atom stereocenters. The highest BCUT2D eigenvalue weighted by molar-refractivity contribution is 7.80. The SMILES string of the molecule is O=C1NC(=S)NC(=O)C1(CCN1CCCCC1)c1ccccc1. The summed E-state index contributed by atoms with van der Waals surface area (Å²) in [6.45, 7) is 2.79. The third-order valence-corrected chi connectivity index (χ3v) is 4.95. The maximum absolute atomic E-state index is 12.7. The van der Waals surface area contributed by atoms with Crippen LogP contribution in [0.2, 0.25) is 0 Å². The van der Waals surface area contributed by atoms with Gasteiger partial charge in [-0.15, -0.1) is 0 Å². The molecule has 2 heterocycles. The van der Waals surface area contributed by atoms with E-state index in [0.717, 1.165) is 25.2 Å². The molecular formula is C17H21N3O2S. The summed E-state index contributed by atoms with van der Waals surface area (Å²) in [5.41, 5.74) is -0.490. The van der Waals surface area contributed by atoms with E-state index in [-0.39, 0.29) is 16.9 Å². The lowest BCUT2D eigenvalue weighted by molar-refractivity contribution is -0.138. The summed E-state index contributed by atoms with van der Waals surface area (Å²) in [6.07, 6.45) is 4.08. The standard InChI is InChI=1S/C17H21N3O2S/c21-14-17(13-7-3-1-4-8-13,15(22)19-16(23)18-14)9-12-20-10-5-2-6-11-20/h1,3-4,7-8H,2,5-6,9-12H2,(H2,18,19,21,22,23). The minimum absolute atomic E-state index is 0.0875. The lowest BCUT2D eigenvalue weighted by Crippen LogP contribution is -2.65. The van der Waals surface area contributed by atoms with E-state index in [2.05, 4.69) is 15.5 Å². The number of hydrogen-bond donors (Lipinski definition) is 2. The van der Waals surface area contributed by atoms with Gasteiger partial charge < -0.3 is 15.5 Å². The normalized spacial score (nSPS) is 21.7. The molecule has 2 saturated heterocycles. The molecule has 0 bridgehead atoms. The number of carbonyl (C=O) groups is 2. The fourth-order valence-corrected chi connectivity index (χ4v) is 3.60.